The summed E-state index contributed by atoms with van der Waals surface area (Å²) >= 11 is 0. The molecule has 23 heavy (non-hydrogen) atoms. The van der Waals surface area contributed by atoms with Crippen molar-refractivity contribution in [1.82, 2.24) is 9.78 Å². The van der Waals surface area contributed by atoms with Gasteiger partial charge in [-0.25, -0.2) is 4.68 Å². The van der Waals surface area contributed by atoms with Crippen LogP contribution >= 0.6 is 0 Å². The van der Waals surface area contributed by atoms with E-state index in [1.807, 2.05) is 38.1 Å². The molecule has 1 aromatic heterocycles. The molecule has 3 nitrogen and oxygen atoms in total. The smallest absolute Gasteiger partial charge is 0.218 e. The highest BCUT2D eigenvalue weighted by Crippen LogP contribution is 2.40. The maximum Gasteiger partial charge on any atom is 0.218 e. The van der Waals surface area contributed by atoms with Gasteiger partial charge in [0.05, 0.1) is 11.6 Å². The molecule has 0 fully saturated rings. The predicted molar refractivity (Wildman–Crippen MR) is 94.6 cm³/mol. The number of aromatic nitrogens is 2. The molecule has 0 saturated carbocycles. The Morgan fingerprint density at radius 3 is 2.22 bits per heavy atom. The standard InChI is InChI=1S/C20H22N2O/c1-13(2)22-20(23)18(16-11-9-14(3)10-12-16)19(21-22)17-8-6-5-7-15(17)4/h5-13,23H,1-4H3. The second-order valence-corrected chi connectivity index (χ2v) is 6.27. The van der Waals surface area contributed by atoms with Crippen LogP contribution in [0.3, 0.4) is 0 Å². The van der Waals surface area contributed by atoms with Crippen molar-refractivity contribution < 1.29 is 5.11 Å². The summed E-state index contributed by atoms with van der Waals surface area (Å²) in [5.41, 5.74) is 6.01. The average Bonchev–Trinajstić information content (AvgIpc) is 2.86. The van der Waals surface area contributed by atoms with Crippen molar-refractivity contribution in [3.63, 3.8) is 0 Å². The number of nitrogens with zero attached hydrogens (tertiary/aromatic N) is 2. The monoisotopic (exact) mass is 306 g/mol. The first-order valence-electron chi connectivity index (χ1n) is 7.93. The summed E-state index contributed by atoms with van der Waals surface area (Å²) in [5, 5.41) is 15.5. The van der Waals surface area contributed by atoms with E-state index in [9.17, 15) is 5.11 Å². The van der Waals surface area contributed by atoms with Gasteiger partial charge in [0.15, 0.2) is 0 Å². The number of rotatable bonds is 3. The van der Waals surface area contributed by atoms with Gasteiger partial charge in [-0.15, -0.1) is 0 Å². The number of hydrogen-bond acceptors (Lipinski definition) is 2. The molecule has 0 unspecified atom stereocenters. The van der Waals surface area contributed by atoms with Crippen LogP contribution in [-0.2, 0) is 0 Å². The third-order valence-electron chi connectivity index (χ3n) is 4.11. The van der Waals surface area contributed by atoms with Crippen LogP contribution in [0.15, 0.2) is 48.5 Å². The number of benzene rings is 2. The Labute approximate surface area is 137 Å². The molecule has 3 rings (SSSR count). The summed E-state index contributed by atoms with van der Waals surface area (Å²) in [7, 11) is 0. The second-order valence-electron chi connectivity index (χ2n) is 6.27. The van der Waals surface area contributed by atoms with Gasteiger partial charge in [-0.1, -0.05) is 54.1 Å². The minimum atomic E-state index is 0.0944. The van der Waals surface area contributed by atoms with Gasteiger partial charge < -0.3 is 5.11 Å². The van der Waals surface area contributed by atoms with Crippen molar-refractivity contribution in [1.29, 1.82) is 0 Å². The van der Waals surface area contributed by atoms with Crippen LogP contribution in [0.1, 0.15) is 31.0 Å². The van der Waals surface area contributed by atoms with Gasteiger partial charge in [0.1, 0.15) is 5.69 Å². The van der Waals surface area contributed by atoms with Gasteiger partial charge >= 0.3 is 0 Å². The van der Waals surface area contributed by atoms with Crippen LogP contribution in [0.5, 0.6) is 5.88 Å². The van der Waals surface area contributed by atoms with Crippen LogP contribution < -0.4 is 0 Å². The first-order valence-corrected chi connectivity index (χ1v) is 7.93. The molecule has 0 spiro atoms. The summed E-state index contributed by atoms with van der Waals surface area (Å²) in [6.07, 6.45) is 0. The molecule has 0 aliphatic heterocycles. The lowest BCUT2D eigenvalue weighted by atomic mass is 9.98. The quantitative estimate of drug-likeness (QED) is 0.729. The largest absolute Gasteiger partial charge is 0.493 e. The highest BCUT2D eigenvalue weighted by Gasteiger charge is 2.22. The first kappa shape index (κ1) is 15.3. The molecule has 0 amide bonds. The fraction of sp³-hybridized carbons (Fsp3) is 0.250. The van der Waals surface area contributed by atoms with E-state index in [0.717, 1.165) is 27.9 Å². The minimum absolute atomic E-state index is 0.0944. The van der Waals surface area contributed by atoms with Crippen molar-refractivity contribution >= 4 is 0 Å². The van der Waals surface area contributed by atoms with Gasteiger partial charge in [0.25, 0.3) is 0 Å². The summed E-state index contributed by atoms with van der Waals surface area (Å²) < 4.78 is 1.69. The van der Waals surface area contributed by atoms with Crippen molar-refractivity contribution in [3.8, 4) is 28.3 Å². The maximum atomic E-state index is 10.8. The molecule has 118 valence electrons. The number of aromatic hydroxyl groups is 1. The zero-order valence-electron chi connectivity index (χ0n) is 14.0. The Hall–Kier alpha value is -2.55. The fourth-order valence-corrected chi connectivity index (χ4v) is 2.80. The summed E-state index contributed by atoms with van der Waals surface area (Å²) in [5.74, 6) is 0.224. The molecule has 0 saturated heterocycles. The van der Waals surface area contributed by atoms with Gasteiger partial charge in [-0.2, -0.15) is 5.10 Å². The summed E-state index contributed by atoms with van der Waals surface area (Å²) in [6, 6.07) is 16.4. The normalized spacial score (nSPS) is 11.2. The van der Waals surface area contributed by atoms with Crippen LogP contribution in [-0.4, -0.2) is 14.9 Å². The lowest BCUT2D eigenvalue weighted by Gasteiger charge is -2.07. The SMILES string of the molecule is Cc1ccc(-c2c(-c3ccccc3C)nn(C(C)C)c2O)cc1. The molecule has 1 N–H and O–H groups in total. The molecule has 1 heterocycles. The van der Waals surface area contributed by atoms with E-state index < -0.39 is 0 Å². The van der Waals surface area contributed by atoms with E-state index in [4.69, 9.17) is 5.10 Å². The minimum Gasteiger partial charge on any atom is -0.493 e. The van der Waals surface area contributed by atoms with Gasteiger partial charge in [0.2, 0.25) is 5.88 Å². The van der Waals surface area contributed by atoms with Crippen molar-refractivity contribution in [2.75, 3.05) is 0 Å². The van der Waals surface area contributed by atoms with E-state index >= 15 is 0 Å². The van der Waals surface area contributed by atoms with E-state index in [0.29, 0.717) is 0 Å². The van der Waals surface area contributed by atoms with Gasteiger partial charge in [-0.3, -0.25) is 0 Å². The topological polar surface area (TPSA) is 38.0 Å². The fourth-order valence-electron chi connectivity index (χ4n) is 2.80. The van der Waals surface area contributed by atoms with E-state index in [-0.39, 0.29) is 11.9 Å². The van der Waals surface area contributed by atoms with Crippen LogP contribution in [0.2, 0.25) is 0 Å². The molecule has 3 aromatic rings. The second kappa shape index (κ2) is 5.92. The molecule has 3 heteroatoms. The highest BCUT2D eigenvalue weighted by atomic mass is 16.3. The lowest BCUT2D eigenvalue weighted by Crippen LogP contribution is -2.02. The summed E-state index contributed by atoms with van der Waals surface area (Å²) in [6.45, 7) is 8.17. The first-order chi connectivity index (χ1) is 11.0. The average molecular weight is 306 g/mol. The third kappa shape index (κ3) is 2.74. The van der Waals surface area contributed by atoms with Crippen LogP contribution in [0.25, 0.3) is 22.4 Å². The van der Waals surface area contributed by atoms with Gasteiger partial charge in [-0.05, 0) is 38.8 Å². The Kier molecular flexibility index (Phi) is 3.95. The van der Waals surface area contributed by atoms with E-state index in [1.54, 1.807) is 4.68 Å². The zero-order chi connectivity index (χ0) is 16.6. The van der Waals surface area contributed by atoms with Gasteiger partial charge in [0, 0.05) is 5.56 Å². The Morgan fingerprint density at radius 2 is 1.61 bits per heavy atom. The van der Waals surface area contributed by atoms with E-state index in [1.165, 1.54) is 5.56 Å². The third-order valence-corrected chi connectivity index (χ3v) is 4.11. The lowest BCUT2D eigenvalue weighted by molar-refractivity contribution is 0.379. The molecular formula is C20H22N2O. The molecule has 2 aromatic carbocycles. The number of hydrogen-bond donors (Lipinski definition) is 1. The van der Waals surface area contributed by atoms with Crippen molar-refractivity contribution in [2.24, 2.45) is 0 Å². The Bertz CT molecular complexity index is 829. The molecule has 0 radical (unpaired) electrons. The zero-order valence-corrected chi connectivity index (χ0v) is 14.0. The van der Waals surface area contributed by atoms with Crippen molar-refractivity contribution in [2.45, 2.75) is 33.7 Å². The molecule has 0 aliphatic rings. The molecule has 0 atom stereocenters. The van der Waals surface area contributed by atoms with Crippen LogP contribution in [0, 0.1) is 13.8 Å². The maximum absolute atomic E-state index is 10.8. The Balaban J connectivity index is 2.29. The summed E-state index contributed by atoms with van der Waals surface area (Å²) in [4.78, 5) is 0. The molecule has 0 bridgehead atoms. The Morgan fingerprint density at radius 1 is 0.957 bits per heavy atom. The molecular weight excluding hydrogens is 284 g/mol. The highest BCUT2D eigenvalue weighted by molar-refractivity contribution is 5.85. The van der Waals surface area contributed by atoms with Crippen LogP contribution in [0.4, 0.5) is 0 Å². The number of aryl methyl sites for hydroxylation is 2. The molecule has 0 aliphatic carbocycles. The van der Waals surface area contributed by atoms with E-state index in [2.05, 4.69) is 38.1 Å². The van der Waals surface area contributed by atoms with Crippen molar-refractivity contribution in [3.05, 3.63) is 59.7 Å². The predicted octanol–water partition coefficient (Wildman–Crippen LogP) is 5.12.